The number of rotatable bonds is 6. The average molecular weight is 551 g/mol. The third-order valence-electron chi connectivity index (χ3n) is 10.6. The first-order valence-electron chi connectivity index (χ1n) is 14.2. The van der Waals surface area contributed by atoms with Gasteiger partial charge in [0, 0.05) is 29.7 Å². The van der Waals surface area contributed by atoms with Gasteiger partial charge < -0.3 is 25.5 Å². The molecule has 4 aliphatic rings. The number of carbonyl (C=O) groups excluding carboxylic acids is 1. The highest BCUT2D eigenvalue weighted by molar-refractivity contribution is 6.08. The van der Waals surface area contributed by atoms with Gasteiger partial charge in [-0.2, -0.15) is 0 Å². The van der Waals surface area contributed by atoms with Crippen LogP contribution in [0.2, 0.25) is 0 Å². The van der Waals surface area contributed by atoms with Crippen LogP contribution in [0.15, 0.2) is 40.9 Å². The normalized spacial score (nSPS) is 39.4. The first-order chi connectivity index (χ1) is 18.9. The fraction of sp³-hybridized carbons (Fsp3) is 0.581. The van der Waals surface area contributed by atoms with Crippen molar-refractivity contribution in [3.63, 3.8) is 0 Å². The summed E-state index contributed by atoms with van der Waals surface area (Å²) in [5, 5.41) is 39.7. The molecule has 0 spiro atoms. The molecule has 8 atom stereocenters. The summed E-state index contributed by atoms with van der Waals surface area (Å²) in [6.45, 7) is 5.68. The van der Waals surface area contributed by atoms with Gasteiger partial charge >= 0.3 is 17.9 Å². The molecule has 1 aromatic carbocycles. The minimum absolute atomic E-state index is 0.0210. The molecule has 1 aromatic rings. The van der Waals surface area contributed by atoms with Crippen LogP contribution in [0, 0.1) is 39.9 Å². The maximum absolute atomic E-state index is 12.7. The molecule has 0 amide bonds. The molecule has 4 aliphatic carbocycles. The second kappa shape index (κ2) is 9.94. The lowest BCUT2D eigenvalue weighted by Crippen LogP contribution is -2.63. The van der Waals surface area contributed by atoms with Crippen LogP contribution in [0.4, 0.5) is 5.69 Å². The largest absolute Gasteiger partial charge is 0.478 e. The highest BCUT2D eigenvalue weighted by Gasteiger charge is 2.71. The number of hydrogen-bond donors (Lipinski definition) is 4. The molecule has 0 saturated heterocycles. The van der Waals surface area contributed by atoms with Crippen LogP contribution in [0.25, 0.3) is 0 Å². The first kappa shape index (κ1) is 28.2. The Morgan fingerprint density at radius 1 is 1.18 bits per heavy atom. The second-order valence-electron chi connectivity index (χ2n) is 12.5. The summed E-state index contributed by atoms with van der Waals surface area (Å²) in [6, 6.07) is 6.43. The summed E-state index contributed by atoms with van der Waals surface area (Å²) >= 11 is 0. The number of aliphatic imine (C=N–C) groups is 1. The van der Waals surface area contributed by atoms with E-state index in [0.29, 0.717) is 24.2 Å². The van der Waals surface area contributed by atoms with Gasteiger partial charge in [-0.1, -0.05) is 32.4 Å². The van der Waals surface area contributed by atoms with Crippen molar-refractivity contribution in [2.45, 2.75) is 77.4 Å². The monoisotopic (exact) mass is 550 g/mol. The average Bonchev–Trinajstić information content (AvgIpc) is 3.20. The number of hydrogen-bond acceptors (Lipinski definition) is 7. The predicted octanol–water partition coefficient (Wildman–Crippen LogP) is 5.04. The van der Waals surface area contributed by atoms with Gasteiger partial charge in [-0.05, 0) is 86.0 Å². The highest BCUT2D eigenvalue weighted by atomic mass is 16.6. The molecule has 9 nitrogen and oxygen atoms in total. The van der Waals surface area contributed by atoms with E-state index in [2.05, 4.69) is 6.92 Å². The Hall–Kier alpha value is -3.33. The van der Waals surface area contributed by atoms with Crippen molar-refractivity contribution in [2.75, 3.05) is 0 Å². The molecule has 4 N–H and O–H groups in total. The number of fused-ring (bicyclic) bond motifs is 5. The Morgan fingerprint density at radius 2 is 1.93 bits per heavy atom. The summed E-state index contributed by atoms with van der Waals surface area (Å²) in [7, 11) is 0. The van der Waals surface area contributed by atoms with Crippen molar-refractivity contribution in [1.29, 1.82) is 5.41 Å². The lowest BCUT2D eigenvalue weighted by Gasteiger charge is -2.61. The zero-order valence-electron chi connectivity index (χ0n) is 23.2. The van der Waals surface area contributed by atoms with E-state index in [0.717, 1.165) is 18.4 Å². The minimum Gasteiger partial charge on any atom is -0.478 e. The number of carboxylic acids is 2. The van der Waals surface area contributed by atoms with Crippen molar-refractivity contribution in [1.82, 2.24) is 0 Å². The van der Waals surface area contributed by atoms with E-state index in [9.17, 15) is 29.7 Å². The van der Waals surface area contributed by atoms with Crippen molar-refractivity contribution in [3.8, 4) is 0 Å². The van der Waals surface area contributed by atoms with Gasteiger partial charge in [-0.25, -0.2) is 9.59 Å². The molecule has 214 valence electrons. The quantitative estimate of drug-likeness (QED) is 0.285. The number of ether oxygens (including phenoxy) is 1. The van der Waals surface area contributed by atoms with Gasteiger partial charge in [0.15, 0.2) is 0 Å². The minimum atomic E-state index is -1.65. The number of nitrogens with one attached hydrogen (secondary N) is 1. The van der Waals surface area contributed by atoms with Crippen LogP contribution in [0.3, 0.4) is 0 Å². The standard InChI is InChI=1S/C31H38N2O7/c1-4-25(35)40-31(28(38)39)11-10-22-21-9-8-19-13-23(33-20-7-5-6-17(12-20)27(36)37)18(16-32)14-29(19,2)26(21)24(34)15-30(22,31)3/h5-7,12-13,16,18,21-22,24,26,32,34H,4,8-11,14-15H2,1-3H3,(H,36,37)(H,38,39). The molecule has 9 heteroatoms. The Labute approximate surface area is 233 Å². The van der Waals surface area contributed by atoms with Crippen molar-refractivity contribution in [2.24, 2.45) is 39.5 Å². The number of esters is 1. The number of carbonyl (C=O) groups is 3. The van der Waals surface area contributed by atoms with E-state index >= 15 is 0 Å². The Morgan fingerprint density at radius 3 is 2.58 bits per heavy atom. The summed E-state index contributed by atoms with van der Waals surface area (Å²) in [6.07, 6.45) is 5.88. The summed E-state index contributed by atoms with van der Waals surface area (Å²) in [4.78, 5) is 41.2. The Kier molecular flexibility index (Phi) is 7.01. The van der Waals surface area contributed by atoms with E-state index in [-0.39, 0.29) is 48.5 Å². The molecule has 0 aliphatic heterocycles. The van der Waals surface area contributed by atoms with E-state index in [1.54, 1.807) is 19.1 Å². The number of aliphatic hydroxyl groups excluding tert-OH is 1. The molecule has 40 heavy (non-hydrogen) atoms. The predicted molar refractivity (Wildman–Crippen MR) is 148 cm³/mol. The molecular formula is C31H38N2O7. The maximum Gasteiger partial charge on any atom is 0.348 e. The second-order valence-corrected chi connectivity index (χ2v) is 12.5. The lowest BCUT2D eigenvalue weighted by molar-refractivity contribution is -0.211. The third kappa shape index (κ3) is 4.12. The maximum atomic E-state index is 12.7. The number of benzene rings is 1. The van der Waals surface area contributed by atoms with Crippen molar-refractivity contribution < 1.29 is 34.4 Å². The summed E-state index contributed by atoms with van der Waals surface area (Å²) < 4.78 is 5.73. The van der Waals surface area contributed by atoms with Gasteiger partial charge in [0.05, 0.1) is 17.4 Å². The molecule has 0 radical (unpaired) electrons. The third-order valence-corrected chi connectivity index (χ3v) is 10.6. The molecule has 0 bridgehead atoms. The van der Waals surface area contributed by atoms with Crippen LogP contribution in [-0.4, -0.2) is 56.9 Å². The van der Waals surface area contributed by atoms with Crippen LogP contribution < -0.4 is 0 Å². The smallest absolute Gasteiger partial charge is 0.348 e. The number of nitrogens with zero attached hydrogens (tertiary/aromatic N) is 1. The molecule has 0 aromatic heterocycles. The van der Waals surface area contributed by atoms with E-state index in [1.165, 1.54) is 18.3 Å². The molecule has 3 saturated carbocycles. The number of aliphatic carboxylic acids is 1. The van der Waals surface area contributed by atoms with E-state index < -0.39 is 40.4 Å². The van der Waals surface area contributed by atoms with Gasteiger partial charge in [-0.15, -0.1) is 0 Å². The van der Waals surface area contributed by atoms with Crippen LogP contribution in [-0.2, 0) is 14.3 Å². The number of aromatic carboxylic acids is 1. The molecular weight excluding hydrogens is 512 g/mol. The molecule has 0 heterocycles. The number of aliphatic hydroxyl groups is 1. The van der Waals surface area contributed by atoms with Crippen LogP contribution in [0.5, 0.6) is 0 Å². The highest BCUT2D eigenvalue weighted by Crippen LogP contribution is 2.68. The number of carboxylic acid groups (broad SMARTS) is 2. The van der Waals surface area contributed by atoms with Gasteiger partial charge in [-0.3, -0.25) is 9.79 Å². The van der Waals surface area contributed by atoms with Crippen LogP contribution >= 0.6 is 0 Å². The SMILES string of the molecule is CCC(=O)OC1(C(=O)O)CCC2C3CCC4=CC(=Nc5cccc(C(=O)O)c5)C(C=N)CC4(C)C3C(O)CC21C. The fourth-order valence-corrected chi connectivity index (χ4v) is 8.76. The summed E-state index contributed by atoms with van der Waals surface area (Å²) in [5.74, 6) is -3.11. The topological polar surface area (TPSA) is 157 Å². The fourth-order valence-electron chi connectivity index (χ4n) is 8.76. The first-order valence-corrected chi connectivity index (χ1v) is 14.2. The zero-order valence-corrected chi connectivity index (χ0v) is 23.2. The van der Waals surface area contributed by atoms with Crippen molar-refractivity contribution >= 4 is 35.5 Å². The van der Waals surface area contributed by atoms with Gasteiger partial charge in [0.2, 0.25) is 5.60 Å². The Balaban J connectivity index is 1.51. The number of allylic oxidation sites excluding steroid dienone is 2. The zero-order chi connectivity index (χ0) is 29.0. The van der Waals surface area contributed by atoms with Crippen molar-refractivity contribution in [3.05, 3.63) is 41.5 Å². The molecule has 8 unspecified atom stereocenters. The Bertz CT molecular complexity index is 1320. The molecule has 3 fully saturated rings. The van der Waals surface area contributed by atoms with E-state index in [1.807, 2.05) is 13.0 Å². The van der Waals surface area contributed by atoms with Gasteiger partial charge in [0.25, 0.3) is 0 Å². The molecule has 5 rings (SSSR count). The lowest BCUT2D eigenvalue weighted by atomic mass is 9.45. The van der Waals surface area contributed by atoms with Gasteiger partial charge in [0.1, 0.15) is 0 Å². The van der Waals surface area contributed by atoms with Crippen LogP contribution in [0.1, 0.15) is 76.1 Å². The summed E-state index contributed by atoms with van der Waals surface area (Å²) in [5.41, 5.74) is -0.432. The van der Waals surface area contributed by atoms with E-state index in [4.69, 9.17) is 15.1 Å².